The highest BCUT2D eigenvalue weighted by atomic mass is 35.5. The van der Waals surface area contributed by atoms with Gasteiger partial charge in [0.15, 0.2) is 0 Å². The topological polar surface area (TPSA) is 15.6 Å². The largest absolute Gasteiger partial charge is 0.257 e. The first-order valence-corrected chi connectivity index (χ1v) is 8.99. The standard InChI is InChI=1S/C18H26Cl2N2/c1-6-16-18(8-3,9-4)17(5,7-2)22(21-16)15-11-10-13(19)12-14(15)20/h10-12H,6-9H2,1-5H3. The van der Waals surface area contributed by atoms with Crippen molar-refractivity contribution in [2.45, 2.75) is 65.8 Å². The minimum atomic E-state index is -0.0701. The number of anilines is 1. The zero-order chi connectivity index (χ0) is 16.5. The molecular weight excluding hydrogens is 315 g/mol. The van der Waals surface area contributed by atoms with Gasteiger partial charge in [-0.3, -0.25) is 5.01 Å². The van der Waals surface area contributed by atoms with E-state index in [1.165, 1.54) is 5.71 Å². The predicted octanol–water partition coefficient (Wildman–Crippen LogP) is 6.55. The van der Waals surface area contributed by atoms with Gasteiger partial charge in [-0.15, -0.1) is 0 Å². The molecule has 0 N–H and O–H groups in total. The van der Waals surface area contributed by atoms with Crippen molar-refractivity contribution < 1.29 is 0 Å². The van der Waals surface area contributed by atoms with Gasteiger partial charge in [-0.1, -0.05) is 50.9 Å². The SMILES string of the molecule is CCC1=NN(c2ccc(Cl)cc2Cl)C(C)(CC)C1(CC)CC. The predicted molar refractivity (Wildman–Crippen MR) is 98.4 cm³/mol. The van der Waals surface area contributed by atoms with Crippen LogP contribution in [0.2, 0.25) is 10.0 Å². The van der Waals surface area contributed by atoms with Crippen LogP contribution in [0, 0.1) is 5.41 Å². The van der Waals surface area contributed by atoms with Crippen LogP contribution in [-0.4, -0.2) is 11.3 Å². The fourth-order valence-corrected chi connectivity index (χ4v) is 4.62. The van der Waals surface area contributed by atoms with Gasteiger partial charge in [-0.2, -0.15) is 5.10 Å². The van der Waals surface area contributed by atoms with Crippen LogP contribution in [-0.2, 0) is 0 Å². The molecule has 1 aliphatic rings. The van der Waals surface area contributed by atoms with E-state index < -0.39 is 0 Å². The van der Waals surface area contributed by atoms with E-state index in [0.29, 0.717) is 10.0 Å². The second kappa shape index (κ2) is 6.41. The van der Waals surface area contributed by atoms with Crippen molar-refractivity contribution in [2.75, 3.05) is 5.01 Å². The third-order valence-electron chi connectivity index (χ3n) is 5.64. The molecule has 0 aromatic heterocycles. The van der Waals surface area contributed by atoms with Crippen LogP contribution in [0.25, 0.3) is 0 Å². The number of rotatable bonds is 5. The third kappa shape index (κ3) is 2.35. The normalized spacial score (nSPS) is 23.8. The van der Waals surface area contributed by atoms with Crippen LogP contribution in [0.4, 0.5) is 5.69 Å². The average Bonchev–Trinajstić information content (AvgIpc) is 2.76. The maximum absolute atomic E-state index is 6.47. The van der Waals surface area contributed by atoms with Gasteiger partial charge in [0, 0.05) is 16.1 Å². The maximum atomic E-state index is 6.47. The van der Waals surface area contributed by atoms with Crippen LogP contribution in [0.1, 0.15) is 60.3 Å². The Bertz CT molecular complexity index is 578. The van der Waals surface area contributed by atoms with Gasteiger partial charge in [0.1, 0.15) is 0 Å². The van der Waals surface area contributed by atoms with Gasteiger partial charge in [-0.25, -0.2) is 0 Å². The van der Waals surface area contributed by atoms with Gasteiger partial charge in [0.2, 0.25) is 0 Å². The van der Waals surface area contributed by atoms with Gasteiger partial charge < -0.3 is 0 Å². The molecule has 1 heterocycles. The molecule has 0 bridgehead atoms. The summed E-state index contributed by atoms with van der Waals surface area (Å²) in [6.45, 7) is 11.3. The molecule has 1 unspecified atom stereocenters. The van der Waals surface area contributed by atoms with E-state index in [2.05, 4.69) is 39.6 Å². The van der Waals surface area contributed by atoms with E-state index in [-0.39, 0.29) is 11.0 Å². The monoisotopic (exact) mass is 340 g/mol. The Morgan fingerprint density at radius 3 is 2.14 bits per heavy atom. The molecule has 2 rings (SSSR count). The summed E-state index contributed by atoms with van der Waals surface area (Å²) >= 11 is 12.5. The van der Waals surface area contributed by atoms with Crippen molar-refractivity contribution in [3.05, 3.63) is 28.2 Å². The molecule has 1 aromatic carbocycles. The van der Waals surface area contributed by atoms with E-state index in [4.69, 9.17) is 28.3 Å². The fraction of sp³-hybridized carbons (Fsp3) is 0.611. The number of halogens is 2. The lowest BCUT2D eigenvalue weighted by Crippen LogP contribution is -2.54. The molecule has 0 saturated carbocycles. The molecule has 122 valence electrons. The van der Waals surface area contributed by atoms with Crippen LogP contribution in [0.5, 0.6) is 0 Å². The zero-order valence-corrected chi connectivity index (χ0v) is 15.7. The summed E-state index contributed by atoms with van der Waals surface area (Å²) in [5.41, 5.74) is 2.26. The first-order chi connectivity index (χ1) is 10.4. The summed E-state index contributed by atoms with van der Waals surface area (Å²) < 4.78 is 0. The number of hydrogen-bond acceptors (Lipinski definition) is 2. The highest BCUT2D eigenvalue weighted by Gasteiger charge is 2.56. The van der Waals surface area contributed by atoms with E-state index in [1.54, 1.807) is 6.07 Å². The second-order valence-corrected chi connectivity index (χ2v) is 7.07. The van der Waals surface area contributed by atoms with E-state index >= 15 is 0 Å². The highest BCUT2D eigenvalue weighted by Crippen LogP contribution is 2.53. The Balaban J connectivity index is 2.63. The molecule has 0 spiro atoms. The molecule has 4 heteroatoms. The fourth-order valence-electron chi connectivity index (χ4n) is 4.13. The molecule has 0 amide bonds. The molecule has 22 heavy (non-hydrogen) atoms. The number of hydrazone groups is 1. The molecule has 1 atom stereocenters. The van der Waals surface area contributed by atoms with Crippen molar-refractivity contribution in [3.63, 3.8) is 0 Å². The lowest BCUT2D eigenvalue weighted by Gasteiger charge is -2.47. The molecular formula is C18H26Cl2N2. The van der Waals surface area contributed by atoms with Crippen molar-refractivity contribution in [1.29, 1.82) is 0 Å². The van der Waals surface area contributed by atoms with Crippen molar-refractivity contribution in [1.82, 2.24) is 0 Å². The van der Waals surface area contributed by atoms with Crippen LogP contribution < -0.4 is 5.01 Å². The molecule has 0 fully saturated rings. The van der Waals surface area contributed by atoms with E-state index in [1.807, 2.05) is 12.1 Å². The molecule has 0 aliphatic carbocycles. The zero-order valence-electron chi connectivity index (χ0n) is 14.2. The van der Waals surface area contributed by atoms with Gasteiger partial charge >= 0.3 is 0 Å². The Morgan fingerprint density at radius 1 is 1.05 bits per heavy atom. The van der Waals surface area contributed by atoms with Crippen LogP contribution in [0.3, 0.4) is 0 Å². The summed E-state index contributed by atoms with van der Waals surface area (Å²) in [5.74, 6) is 0. The third-order valence-corrected chi connectivity index (χ3v) is 6.18. The number of nitrogens with zero attached hydrogens (tertiary/aromatic N) is 2. The van der Waals surface area contributed by atoms with Crippen molar-refractivity contribution in [2.24, 2.45) is 10.5 Å². The summed E-state index contributed by atoms with van der Waals surface area (Å²) in [5, 5.41) is 8.48. The summed E-state index contributed by atoms with van der Waals surface area (Å²) in [4.78, 5) is 0. The molecule has 0 saturated heterocycles. The number of benzene rings is 1. The average molecular weight is 341 g/mol. The van der Waals surface area contributed by atoms with Crippen LogP contribution in [0.15, 0.2) is 23.3 Å². The van der Waals surface area contributed by atoms with Crippen LogP contribution >= 0.6 is 23.2 Å². The molecule has 1 aromatic rings. The lowest BCUT2D eigenvalue weighted by molar-refractivity contribution is 0.206. The van der Waals surface area contributed by atoms with E-state index in [9.17, 15) is 0 Å². The highest BCUT2D eigenvalue weighted by molar-refractivity contribution is 6.36. The lowest BCUT2D eigenvalue weighted by atomic mass is 9.62. The minimum absolute atomic E-state index is 0.0701. The summed E-state index contributed by atoms with van der Waals surface area (Å²) in [7, 11) is 0. The molecule has 2 nitrogen and oxygen atoms in total. The van der Waals surface area contributed by atoms with Crippen molar-refractivity contribution >= 4 is 34.6 Å². The van der Waals surface area contributed by atoms with Crippen molar-refractivity contribution in [3.8, 4) is 0 Å². The summed E-state index contributed by atoms with van der Waals surface area (Å²) in [6, 6.07) is 5.67. The Kier molecular flexibility index (Phi) is 5.13. The Hall–Kier alpha value is -0.730. The second-order valence-electron chi connectivity index (χ2n) is 6.22. The summed E-state index contributed by atoms with van der Waals surface area (Å²) in [6.07, 6.45) is 4.16. The van der Waals surface area contributed by atoms with Gasteiger partial charge in [-0.05, 0) is 50.8 Å². The minimum Gasteiger partial charge on any atom is -0.257 e. The van der Waals surface area contributed by atoms with Gasteiger partial charge in [0.05, 0.1) is 16.2 Å². The van der Waals surface area contributed by atoms with E-state index in [0.717, 1.165) is 31.4 Å². The Labute approximate surface area is 144 Å². The van der Waals surface area contributed by atoms with Gasteiger partial charge in [0.25, 0.3) is 0 Å². The first-order valence-electron chi connectivity index (χ1n) is 8.23. The molecule has 0 radical (unpaired) electrons. The molecule has 1 aliphatic heterocycles. The first kappa shape index (κ1) is 17.6. The number of hydrogen-bond donors (Lipinski definition) is 0. The maximum Gasteiger partial charge on any atom is 0.0788 e. The Morgan fingerprint density at radius 2 is 1.68 bits per heavy atom. The quantitative estimate of drug-likeness (QED) is 0.592. The smallest absolute Gasteiger partial charge is 0.0788 e.